The van der Waals surface area contributed by atoms with Gasteiger partial charge in [0.1, 0.15) is 6.33 Å². The first kappa shape index (κ1) is 19.8. The quantitative estimate of drug-likeness (QED) is 0.644. The van der Waals surface area contributed by atoms with Crippen molar-refractivity contribution >= 4 is 23.3 Å². The van der Waals surface area contributed by atoms with Crippen LogP contribution in [-0.2, 0) is 17.8 Å². The molecule has 0 atom stereocenters. The number of rotatable bonds is 5. The van der Waals surface area contributed by atoms with Crippen molar-refractivity contribution in [2.75, 3.05) is 26.2 Å². The van der Waals surface area contributed by atoms with Crippen molar-refractivity contribution in [3.63, 3.8) is 0 Å². The molecule has 29 heavy (non-hydrogen) atoms. The Labute approximate surface area is 175 Å². The number of halogens is 1. The van der Waals surface area contributed by atoms with Gasteiger partial charge >= 0.3 is 0 Å². The molecule has 1 aliphatic heterocycles. The molecule has 8 heteroatoms. The number of hydrogen-bond donors (Lipinski definition) is 0. The SMILES string of the molecule is Cc1nc2ncnn2c(C)c1CCC(=O)N1CCN(Cc2cccc(Cl)c2)CC1. The van der Waals surface area contributed by atoms with Crippen LogP contribution >= 0.6 is 11.6 Å². The van der Waals surface area contributed by atoms with E-state index in [9.17, 15) is 4.79 Å². The highest BCUT2D eigenvalue weighted by atomic mass is 35.5. The average molecular weight is 413 g/mol. The van der Waals surface area contributed by atoms with E-state index < -0.39 is 0 Å². The molecule has 0 spiro atoms. The maximum atomic E-state index is 12.8. The Balaban J connectivity index is 1.31. The number of piperazine rings is 1. The summed E-state index contributed by atoms with van der Waals surface area (Å²) >= 11 is 6.08. The lowest BCUT2D eigenvalue weighted by Crippen LogP contribution is -2.48. The summed E-state index contributed by atoms with van der Waals surface area (Å²) in [7, 11) is 0. The Morgan fingerprint density at radius 3 is 2.72 bits per heavy atom. The Morgan fingerprint density at radius 1 is 1.17 bits per heavy atom. The lowest BCUT2D eigenvalue weighted by molar-refractivity contribution is -0.133. The third kappa shape index (κ3) is 4.41. The van der Waals surface area contributed by atoms with Crippen LogP contribution in [-0.4, -0.2) is 61.5 Å². The number of hydrogen-bond acceptors (Lipinski definition) is 5. The van der Waals surface area contributed by atoms with Gasteiger partial charge in [0.2, 0.25) is 5.91 Å². The zero-order valence-electron chi connectivity index (χ0n) is 16.8. The van der Waals surface area contributed by atoms with Crippen molar-refractivity contribution < 1.29 is 4.79 Å². The van der Waals surface area contributed by atoms with E-state index in [1.54, 1.807) is 4.52 Å². The number of nitrogens with zero attached hydrogens (tertiary/aromatic N) is 6. The summed E-state index contributed by atoms with van der Waals surface area (Å²) < 4.78 is 1.74. The van der Waals surface area contributed by atoms with Crippen LogP contribution in [0.3, 0.4) is 0 Å². The Bertz CT molecular complexity index is 1030. The molecule has 0 N–H and O–H groups in total. The molecule has 0 unspecified atom stereocenters. The molecule has 3 heterocycles. The second-order valence-electron chi connectivity index (χ2n) is 7.52. The van der Waals surface area contributed by atoms with Crippen molar-refractivity contribution in [2.45, 2.75) is 33.2 Å². The third-order valence-corrected chi connectivity index (χ3v) is 5.83. The van der Waals surface area contributed by atoms with Gasteiger partial charge in [-0.25, -0.2) is 9.50 Å². The number of amides is 1. The van der Waals surface area contributed by atoms with Crippen LogP contribution in [0.4, 0.5) is 0 Å². The van der Waals surface area contributed by atoms with E-state index in [4.69, 9.17) is 11.6 Å². The molecular weight excluding hydrogens is 388 g/mol. The number of aromatic nitrogens is 4. The topological polar surface area (TPSA) is 66.6 Å². The summed E-state index contributed by atoms with van der Waals surface area (Å²) in [6.45, 7) is 8.12. The minimum Gasteiger partial charge on any atom is -0.340 e. The first-order valence-corrected chi connectivity index (χ1v) is 10.3. The van der Waals surface area contributed by atoms with Gasteiger partial charge in [-0.3, -0.25) is 9.69 Å². The zero-order valence-corrected chi connectivity index (χ0v) is 17.6. The van der Waals surface area contributed by atoms with E-state index in [2.05, 4.69) is 26.0 Å². The van der Waals surface area contributed by atoms with E-state index in [0.717, 1.165) is 54.7 Å². The Morgan fingerprint density at radius 2 is 1.97 bits per heavy atom. The molecule has 1 saturated heterocycles. The molecule has 3 aromatic rings. The second-order valence-corrected chi connectivity index (χ2v) is 7.96. The minimum atomic E-state index is 0.199. The van der Waals surface area contributed by atoms with Crippen molar-refractivity contribution in [1.29, 1.82) is 0 Å². The van der Waals surface area contributed by atoms with Crippen LogP contribution < -0.4 is 0 Å². The second kappa shape index (κ2) is 8.47. The molecule has 0 saturated carbocycles. The normalized spacial score (nSPS) is 15.2. The monoisotopic (exact) mass is 412 g/mol. The number of carbonyl (C=O) groups excluding carboxylic acids is 1. The van der Waals surface area contributed by atoms with Gasteiger partial charge in [0.15, 0.2) is 0 Å². The molecule has 1 fully saturated rings. The maximum absolute atomic E-state index is 12.8. The summed E-state index contributed by atoms with van der Waals surface area (Å²) in [5, 5.41) is 4.98. The van der Waals surface area contributed by atoms with Crippen LogP contribution in [0.5, 0.6) is 0 Å². The van der Waals surface area contributed by atoms with Gasteiger partial charge in [-0.1, -0.05) is 23.7 Å². The van der Waals surface area contributed by atoms with Gasteiger partial charge in [-0.15, -0.1) is 0 Å². The van der Waals surface area contributed by atoms with Gasteiger partial charge < -0.3 is 4.90 Å². The van der Waals surface area contributed by atoms with Crippen molar-refractivity contribution in [3.8, 4) is 0 Å². The predicted octanol–water partition coefficient (Wildman–Crippen LogP) is 2.67. The number of aryl methyl sites for hydroxylation is 2. The van der Waals surface area contributed by atoms with E-state index >= 15 is 0 Å². The number of fused-ring (bicyclic) bond motifs is 1. The molecule has 1 aromatic carbocycles. The first-order chi connectivity index (χ1) is 14.0. The minimum absolute atomic E-state index is 0.199. The maximum Gasteiger partial charge on any atom is 0.252 e. The Hall–Kier alpha value is -2.51. The molecule has 152 valence electrons. The fourth-order valence-corrected chi connectivity index (χ4v) is 4.17. The van der Waals surface area contributed by atoms with Crippen LogP contribution in [0, 0.1) is 13.8 Å². The van der Waals surface area contributed by atoms with Crippen molar-refractivity contribution in [1.82, 2.24) is 29.4 Å². The molecular formula is C21H25ClN6O. The average Bonchev–Trinajstić information content (AvgIpc) is 3.17. The number of benzene rings is 1. The van der Waals surface area contributed by atoms with Gasteiger partial charge in [-0.05, 0) is 43.5 Å². The van der Waals surface area contributed by atoms with Crippen molar-refractivity contribution in [3.05, 3.63) is 58.1 Å². The summed E-state index contributed by atoms with van der Waals surface area (Å²) in [6.07, 6.45) is 2.66. The highest BCUT2D eigenvalue weighted by Crippen LogP contribution is 2.17. The summed E-state index contributed by atoms with van der Waals surface area (Å²) in [5.41, 5.74) is 4.21. The molecule has 0 aliphatic carbocycles. The lowest BCUT2D eigenvalue weighted by Gasteiger charge is -2.35. The van der Waals surface area contributed by atoms with Gasteiger partial charge in [0, 0.05) is 55.6 Å². The molecule has 1 amide bonds. The predicted molar refractivity (Wildman–Crippen MR) is 112 cm³/mol. The largest absolute Gasteiger partial charge is 0.340 e. The molecule has 0 bridgehead atoms. The highest BCUT2D eigenvalue weighted by molar-refractivity contribution is 6.30. The van der Waals surface area contributed by atoms with Gasteiger partial charge in [-0.2, -0.15) is 10.1 Å². The summed E-state index contributed by atoms with van der Waals surface area (Å²) in [5.74, 6) is 0.802. The first-order valence-electron chi connectivity index (χ1n) is 9.91. The van der Waals surface area contributed by atoms with E-state index in [-0.39, 0.29) is 5.91 Å². The van der Waals surface area contributed by atoms with E-state index in [1.807, 2.05) is 36.9 Å². The molecule has 4 rings (SSSR count). The fourth-order valence-electron chi connectivity index (χ4n) is 3.96. The summed E-state index contributed by atoms with van der Waals surface area (Å²) in [6, 6.07) is 7.96. The molecule has 0 radical (unpaired) electrons. The standard InChI is InChI=1S/C21H25ClN6O/c1-15-19(16(2)28-21(25-15)23-14-24-28)6-7-20(29)27-10-8-26(9-11-27)13-17-4-3-5-18(22)12-17/h3-5,12,14H,6-11,13H2,1-2H3. The van der Waals surface area contributed by atoms with Gasteiger partial charge in [0.05, 0.1) is 0 Å². The van der Waals surface area contributed by atoms with Crippen LogP contribution in [0.1, 0.15) is 28.9 Å². The van der Waals surface area contributed by atoms with Crippen LogP contribution in [0.25, 0.3) is 5.78 Å². The number of carbonyl (C=O) groups is 1. The van der Waals surface area contributed by atoms with Crippen LogP contribution in [0.2, 0.25) is 5.02 Å². The summed E-state index contributed by atoms with van der Waals surface area (Å²) in [4.78, 5) is 25.7. The van der Waals surface area contributed by atoms with Gasteiger partial charge in [0.25, 0.3) is 5.78 Å². The molecule has 7 nitrogen and oxygen atoms in total. The Kier molecular flexibility index (Phi) is 5.78. The van der Waals surface area contributed by atoms with Crippen LogP contribution in [0.15, 0.2) is 30.6 Å². The van der Waals surface area contributed by atoms with E-state index in [0.29, 0.717) is 18.6 Å². The lowest BCUT2D eigenvalue weighted by atomic mass is 10.1. The molecule has 1 aliphatic rings. The highest BCUT2D eigenvalue weighted by Gasteiger charge is 2.22. The fraction of sp³-hybridized carbons (Fsp3) is 0.429. The smallest absolute Gasteiger partial charge is 0.252 e. The zero-order chi connectivity index (χ0) is 20.4. The molecule has 2 aromatic heterocycles. The van der Waals surface area contributed by atoms with E-state index in [1.165, 1.54) is 11.9 Å². The third-order valence-electron chi connectivity index (χ3n) is 5.60. The van der Waals surface area contributed by atoms with Crippen molar-refractivity contribution in [2.24, 2.45) is 0 Å².